The Hall–Kier alpha value is -4.00. The van der Waals surface area contributed by atoms with Gasteiger partial charge in [0, 0.05) is 38.3 Å². The number of benzene rings is 1. The Balaban J connectivity index is 0.000000176. The minimum atomic E-state index is -1.16. The van der Waals surface area contributed by atoms with Crippen molar-refractivity contribution < 1.29 is 19.7 Å². The second kappa shape index (κ2) is 11.7. The molecule has 0 aliphatic carbocycles. The number of aliphatic hydroxyl groups excluding tert-OH is 1. The fourth-order valence-corrected chi connectivity index (χ4v) is 6.37. The first-order valence-corrected chi connectivity index (χ1v) is 13.9. The van der Waals surface area contributed by atoms with E-state index < -0.39 is 29.9 Å². The Kier molecular flexibility index (Phi) is 8.22. The number of aryl methyl sites for hydroxylation is 1. The lowest BCUT2D eigenvalue weighted by molar-refractivity contribution is -0.137. The van der Waals surface area contributed by atoms with Crippen LogP contribution in [0, 0.1) is 11.8 Å². The standard InChI is InChI=1S/C20H24N2O2.C9H9ClN4O4/c1-3-13-12-22-9-7-14(13)10-19(22)20(23)16-6-8-21-18-5-4-15(24-2)11-17(16)18;1-12-6-5(7(17)13(2)9(12)18)14(3-4(15)16)8(10)11-6/h3-6,8,11,13-14,19-20,23H,1,7,9-10,12H2,2H3;3H2,1-2H3,(H,15,16)/t13-,14-,19-,20+;/m0./s1. The van der Waals surface area contributed by atoms with Crippen LogP contribution >= 0.6 is 11.6 Å². The van der Waals surface area contributed by atoms with Gasteiger partial charge in [-0.15, -0.1) is 6.58 Å². The highest BCUT2D eigenvalue weighted by Gasteiger charge is 2.42. The summed E-state index contributed by atoms with van der Waals surface area (Å²) in [6.45, 7) is 5.57. The third-order valence-electron chi connectivity index (χ3n) is 8.41. The number of aromatic nitrogens is 5. The molecule has 1 unspecified atom stereocenters. The fourth-order valence-electron chi connectivity index (χ4n) is 6.14. The number of hydrogen-bond acceptors (Lipinski definition) is 8. The van der Waals surface area contributed by atoms with E-state index in [9.17, 15) is 19.5 Å². The lowest BCUT2D eigenvalue weighted by Crippen LogP contribution is -2.54. The maximum Gasteiger partial charge on any atom is 0.332 e. The van der Waals surface area contributed by atoms with Crippen molar-refractivity contribution in [3.63, 3.8) is 0 Å². The number of aliphatic hydroxyl groups is 1. The van der Waals surface area contributed by atoms with Gasteiger partial charge in [-0.1, -0.05) is 6.08 Å². The van der Waals surface area contributed by atoms with E-state index in [1.165, 1.54) is 20.5 Å². The van der Waals surface area contributed by atoms with Crippen molar-refractivity contribution in [1.82, 2.24) is 28.6 Å². The van der Waals surface area contributed by atoms with E-state index in [1.807, 2.05) is 24.3 Å². The van der Waals surface area contributed by atoms with Crippen molar-refractivity contribution in [2.45, 2.75) is 31.5 Å². The van der Waals surface area contributed by atoms with Crippen molar-refractivity contribution >= 4 is 39.6 Å². The molecule has 3 fully saturated rings. The molecule has 42 heavy (non-hydrogen) atoms. The van der Waals surface area contributed by atoms with Crippen molar-refractivity contribution in [3.8, 4) is 5.75 Å². The molecule has 0 saturated carbocycles. The van der Waals surface area contributed by atoms with Crippen LogP contribution in [0.5, 0.6) is 5.75 Å². The minimum Gasteiger partial charge on any atom is -0.497 e. The number of imidazole rings is 1. The SMILES string of the molecule is C=C[C@H]1CN2CC[C@H]1C[C@H]2[C@H](O)c1ccnc2ccc(OC)cc12.Cn1c(=O)c2c(nc(Cl)n2CC(=O)O)n(C)c1=O. The summed E-state index contributed by atoms with van der Waals surface area (Å²) in [6, 6.07) is 7.96. The molecule has 5 atom stereocenters. The number of carbonyl (C=O) groups is 1. The zero-order chi connectivity index (χ0) is 30.3. The van der Waals surface area contributed by atoms with Crippen LogP contribution < -0.4 is 16.0 Å². The number of piperidine rings is 3. The van der Waals surface area contributed by atoms with Gasteiger partial charge in [-0.05, 0) is 72.7 Å². The third kappa shape index (κ3) is 5.21. The first-order chi connectivity index (χ1) is 20.0. The number of carboxylic acids is 1. The van der Waals surface area contributed by atoms with Gasteiger partial charge in [0.1, 0.15) is 12.3 Å². The number of methoxy groups -OCH3 is 1. The van der Waals surface area contributed by atoms with Crippen LogP contribution in [-0.4, -0.2) is 71.0 Å². The number of fused-ring (bicyclic) bond motifs is 5. The van der Waals surface area contributed by atoms with Crippen molar-refractivity contribution in [3.05, 3.63) is 74.8 Å². The predicted molar refractivity (Wildman–Crippen MR) is 158 cm³/mol. The zero-order valence-electron chi connectivity index (χ0n) is 23.6. The maximum atomic E-state index is 12.0. The number of ether oxygens (including phenoxy) is 1. The molecule has 13 heteroatoms. The lowest BCUT2D eigenvalue weighted by Gasteiger charge is -2.50. The van der Waals surface area contributed by atoms with Gasteiger partial charge < -0.3 is 14.9 Å². The van der Waals surface area contributed by atoms with Gasteiger partial charge in [0.15, 0.2) is 11.2 Å². The molecule has 1 aromatic carbocycles. The van der Waals surface area contributed by atoms with E-state index in [0.717, 1.165) is 55.4 Å². The Morgan fingerprint density at radius 2 is 2.02 bits per heavy atom. The molecule has 4 aromatic rings. The second-order valence-electron chi connectivity index (χ2n) is 10.7. The van der Waals surface area contributed by atoms with Crippen LogP contribution in [0.4, 0.5) is 0 Å². The Morgan fingerprint density at radius 3 is 2.67 bits per heavy atom. The average Bonchev–Trinajstić information content (AvgIpc) is 3.33. The van der Waals surface area contributed by atoms with Crippen LogP contribution in [0.15, 0.2) is 52.7 Å². The highest BCUT2D eigenvalue weighted by molar-refractivity contribution is 6.29. The second-order valence-corrected chi connectivity index (χ2v) is 11.1. The molecule has 2 bridgehead atoms. The summed E-state index contributed by atoms with van der Waals surface area (Å²) >= 11 is 5.79. The van der Waals surface area contributed by atoms with Gasteiger partial charge in [-0.3, -0.25) is 33.2 Å². The number of rotatable bonds is 6. The lowest BCUT2D eigenvalue weighted by atomic mass is 9.73. The first kappa shape index (κ1) is 29.5. The van der Waals surface area contributed by atoms with Crippen LogP contribution in [0.1, 0.15) is 24.5 Å². The number of halogens is 1. The van der Waals surface area contributed by atoms with Crippen LogP contribution in [-0.2, 0) is 25.4 Å². The quantitative estimate of drug-likeness (QED) is 0.253. The van der Waals surface area contributed by atoms with Crippen LogP contribution in [0.25, 0.3) is 22.1 Å². The van der Waals surface area contributed by atoms with E-state index in [0.29, 0.717) is 11.8 Å². The van der Waals surface area contributed by atoms with Crippen LogP contribution in [0.2, 0.25) is 5.28 Å². The molecular formula is C29H33ClN6O6. The predicted octanol–water partition coefficient (Wildman–Crippen LogP) is 2.34. The van der Waals surface area contributed by atoms with E-state index in [-0.39, 0.29) is 22.5 Å². The molecule has 3 saturated heterocycles. The normalized spacial score (nSPS) is 22.0. The van der Waals surface area contributed by atoms with Crippen molar-refractivity contribution in [2.24, 2.45) is 25.9 Å². The van der Waals surface area contributed by atoms with E-state index in [1.54, 1.807) is 13.3 Å². The Bertz CT molecular complexity index is 1800. The fraction of sp³-hybridized carbons (Fsp3) is 0.414. The summed E-state index contributed by atoms with van der Waals surface area (Å²) in [4.78, 5) is 45.0. The van der Waals surface area contributed by atoms with Crippen LogP contribution in [0.3, 0.4) is 0 Å². The molecule has 222 valence electrons. The summed E-state index contributed by atoms with van der Waals surface area (Å²) in [7, 11) is 4.39. The molecule has 2 N–H and O–H groups in total. The molecule has 3 aliphatic rings. The van der Waals surface area contributed by atoms with Crippen molar-refractivity contribution in [2.75, 3.05) is 20.2 Å². The monoisotopic (exact) mass is 596 g/mol. The summed E-state index contributed by atoms with van der Waals surface area (Å²) in [5, 5.41) is 20.8. The molecular weight excluding hydrogens is 564 g/mol. The number of hydrogen-bond donors (Lipinski definition) is 2. The molecule has 0 radical (unpaired) electrons. The van der Waals surface area contributed by atoms with E-state index >= 15 is 0 Å². The van der Waals surface area contributed by atoms with Gasteiger partial charge in [0.2, 0.25) is 5.28 Å². The molecule has 0 amide bonds. The molecule has 12 nitrogen and oxygen atoms in total. The number of carboxylic acid groups (broad SMARTS) is 1. The van der Waals surface area contributed by atoms with Gasteiger partial charge in [0.25, 0.3) is 5.56 Å². The molecule has 3 aromatic heterocycles. The smallest absolute Gasteiger partial charge is 0.332 e. The van der Waals surface area contributed by atoms with Gasteiger partial charge in [-0.25, -0.2) is 4.79 Å². The third-order valence-corrected chi connectivity index (χ3v) is 8.70. The summed E-state index contributed by atoms with van der Waals surface area (Å²) in [5.41, 5.74) is 0.720. The van der Waals surface area contributed by atoms with Crippen molar-refractivity contribution in [1.29, 1.82) is 0 Å². The Labute approximate surface area is 246 Å². The van der Waals surface area contributed by atoms with Gasteiger partial charge in [-0.2, -0.15) is 4.98 Å². The highest BCUT2D eigenvalue weighted by atomic mass is 35.5. The molecule has 0 spiro atoms. The molecule has 6 heterocycles. The van der Waals surface area contributed by atoms with E-state index in [2.05, 4.69) is 27.5 Å². The molecule has 7 rings (SSSR count). The molecule has 3 aliphatic heterocycles. The number of aliphatic carboxylic acids is 1. The maximum absolute atomic E-state index is 12.0. The van der Waals surface area contributed by atoms with Gasteiger partial charge in [0.05, 0.1) is 18.7 Å². The average molecular weight is 597 g/mol. The summed E-state index contributed by atoms with van der Waals surface area (Å²) in [5.74, 6) is 0.847. The topological polar surface area (TPSA) is 145 Å². The van der Waals surface area contributed by atoms with E-state index in [4.69, 9.17) is 21.4 Å². The highest BCUT2D eigenvalue weighted by Crippen LogP contribution is 2.42. The number of pyridine rings is 1. The first-order valence-electron chi connectivity index (χ1n) is 13.6. The Morgan fingerprint density at radius 1 is 1.26 bits per heavy atom. The summed E-state index contributed by atoms with van der Waals surface area (Å²) in [6.07, 6.45) is 5.62. The zero-order valence-corrected chi connectivity index (χ0v) is 24.4. The summed E-state index contributed by atoms with van der Waals surface area (Å²) < 4.78 is 8.42. The minimum absolute atomic E-state index is 0.00741. The largest absolute Gasteiger partial charge is 0.497 e. The van der Waals surface area contributed by atoms with Gasteiger partial charge >= 0.3 is 11.7 Å². The number of nitrogens with zero attached hydrogens (tertiary/aromatic N) is 6.